The van der Waals surface area contributed by atoms with E-state index in [1.165, 1.54) is 24.5 Å². The van der Waals surface area contributed by atoms with Crippen LogP contribution in [0.2, 0.25) is 0 Å². The molecule has 2 heterocycles. The van der Waals surface area contributed by atoms with Crippen molar-refractivity contribution in [3.05, 3.63) is 11.1 Å². The lowest BCUT2D eigenvalue weighted by atomic mass is 9.97. The van der Waals surface area contributed by atoms with Gasteiger partial charge in [-0.15, -0.1) is 11.3 Å². The van der Waals surface area contributed by atoms with E-state index in [1.54, 1.807) is 11.3 Å². The lowest BCUT2D eigenvalue weighted by molar-refractivity contribution is 0.285. The molecule has 1 aromatic heterocycles. The fraction of sp³-hybridized carbons (Fsp3) is 0.786. The van der Waals surface area contributed by atoms with E-state index in [0.717, 1.165) is 24.7 Å². The fourth-order valence-electron chi connectivity index (χ4n) is 2.59. The molecule has 1 N–H and O–H groups in total. The first kappa shape index (κ1) is 14.8. The second-order valence-corrected chi connectivity index (χ2v) is 6.59. The Kier molecular flexibility index (Phi) is 5.19. The average molecular weight is 282 g/mol. The van der Waals surface area contributed by atoms with E-state index in [2.05, 4.69) is 41.5 Å². The SMILES string of the molecule is CNC(C)c1csc(N2CCC(CN(C)C)CC2)n1. The lowest BCUT2D eigenvalue weighted by Gasteiger charge is -2.33. The topological polar surface area (TPSA) is 31.4 Å². The molecule has 0 bridgehead atoms. The summed E-state index contributed by atoms with van der Waals surface area (Å²) in [5.74, 6) is 0.849. The summed E-state index contributed by atoms with van der Waals surface area (Å²) in [6.07, 6.45) is 2.57. The van der Waals surface area contributed by atoms with Crippen molar-refractivity contribution in [1.82, 2.24) is 15.2 Å². The van der Waals surface area contributed by atoms with Crippen molar-refractivity contribution in [1.29, 1.82) is 0 Å². The van der Waals surface area contributed by atoms with E-state index >= 15 is 0 Å². The number of rotatable bonds is 5. The maximum Gasteiger partial charge on any atom is 0.185 e. The summed E-state index contributed by atoms with van der Waals surface area (Å²) in [6, 6.07) is 0.344. The standard InChI is InChI=1S/C14H26N4S/c1-11(15-2)13-10-19-14(16-13)18-7-5-12(6-8-18)9-17(3)4/h10-12,15H,5-9H2,1-4H3. The van der Waals surface area contributed by atoms with Crippen LogP contribution in [0.1, 0.15) is 31.5 Å². The fourth-order valence-corrected chi connectivity index (χ4v) is 3.56. The van der Waals surface area contributed by atoms with Gasteiger partial charge in [-0.2, -0.15) is 0 Å². The second kappa shape index (κ2) is 6.68. The number of nitrogens with one attached hydrogen (secondary N) is 1. The van der Waals surface area contributed by atoms with Crippen LogP contribution in [0.5, 0.6) is 0 Å². The average Bonchev–Trinajstić information content (AvgIpc) is 2.87. The van der Waals surface area contributed by atoms with Crippen molar-refractivity contribution in [2.45, 2.75) is 25.8 Å². The highest BCUT2D eigenvalue weighted by atomic mass is 32.1. The highest BCUT2D eigenvalue weighted by Crippen LogP contribution is 2.28. The molecule has 108 valence electrons. The van der Waals surface area contributed by atoms with E-state index in [1.807, 2.05) is 7.05 Å². The Balaban J connectivity index is 1.89. The van der Waals surface area contributed by atoms with Gasteiger partial charge >= 0.3 is 0 Å². The van der Waals surface area contributed by atoms with Gasteiger partial charge in [0.1, 0.15) is 0 Å². The zero-order chi connectivity index (χ0) is 13.8. The quantitative estimate of drug-likeness (QED) is 0.897. The molecule has 1 aliphatic rings. The number of nitrogens with zero attached hydrogens (tertiary/aromatic N) is 3. The minimum absolute atomic E-state index is 0.344. The lowest BCUT2D eigenvalue weighted by Crippen LogP contribution is -2.37. The summed E-state index contributed by atoms with van der Waals surface area (Å²) in [5.41, 5.74) is 1.16. The molecule has 1 aromatic rings. The Morgan fingerprint density at radius 1 is 1.47 bits per heavy atom. The Morgan fingerprint density at radius 3 is 2.74 bits per heavy atom. The van der Waals surface area contributed by atoms with Crippen molar-refractivity contribution in [2.75, 3.05) is 45.7 Å². The number of thiazole rings is 1. The van der Waals surface area contributed by atoms with Crippen LogP contribution < -0.4 is 10.2 Å². The van der Waals surface area contributed by atoms with Gasteiger partial charge in [0, 0.05) is 31.1 Å². The van der Waals surface area contributed by atoms with Gasteiger partial charge in [0.05, 0.1) is 5.69 Å². The third-order valence-corrected chi connectivity index (χ3v) is 4.81. The van der Waals surface area contributed by atoms with Gasteiger partial charge < -0.3 is 15.1 Å². The second-order valence-electron chi connectivity index (χ2n) is 5.76. The monoisotopic (exact) mass is 282 g/mol. The normalized spacial score (nSPS) is 19.1. The summed E-state index contributed by atoms with van der Waals surface area (Å²) in [4.78, 5) is 9.51. The zero-order valence-electron chi connectivity index (χ0n) is 12.5. The predicted molar refractivity (Wildman–Crippen MR) is 83.1 cm³/mol. The van der Waals surface area contributed by atoms with Crippen LogP contribution in [-0.2, 0) is 0 Å². The maximum atomic E-state index is 4.76. The van der Waals surface area contributed by atoms with Crippen molar-refractivity contribution >= 4 is 16.5 Å². The highest BCUT2D eigenvalue weighted by Gasteiger charge is 2.22. The van der Waals surface area contributed by atoms with Crippen LogP contribution in [0, 0.1) is 5.92 Å². The molecular weight excluding hydrogens is 256 g/mol. The molecule has 19 heavy (non-hydrogen) atoms. The molecule has 0 radical (unpaired) electrons. The first-order valence-corrected chi connectivity index (χ1v) is 8.00. The summed E-state index contributed by atoms with van der Waals surface area (Å²) in [5, 5.41) is 6.62. The first-order valence-electron chi connectivity index (χ1n) is 7.12. The van der Waals surface area contributed by atoms with Crippen LogP contribution in [0.25, 0.3) is 0 Å². The Hall–Kier alpha value is -0.650. The number of piperidine rings is 1. The molecule has 0 spiro atoms. The van der Waals surface area contributed by atoms with Gasteiger partial charge in [-0.05, 0) is 46.8 Å². The molecule has 5 heteroatoms. The minimum atomic E-state index is 0.344. The van der Waals surface area contributed by atoms with E-state index in [-0.39, 0.29) is 0 Å². The van der Waals surface area contributed by atoms with Crippen LogP contribution in [-0.4, -0.2) is 50.7 Å². The number of hydrogen-bond donors (Lipinski definition) is 1. The summed E-state index contributed by atoms with van der Waals surface area (Å²) in [7, 11) is 6.31. The van der Waals surface area contributed by atoms with Gasteiger partial charge in [-0.1, -0.05) is 0 Å². The van der Waals surface area contributed by atoms with Crippen molar-refractivity contribution in [3.8, 4) is 0 Å². The van der Waals surface area contributed by atoms with Crippen molar-refractivity contribution in [2.24, 2.45) is 5.92 Å². The molecule has 2 rings (SSSR count). The van der Waals surface area contributed by atoms with Crippen LogP contribution in [0.3, 0.4) is 0 Å². The summed E-state index contributed by atoms with van der Waals surface area (Å²) < 4.78 is 0. The van der Waals surface area contributed by atoms with Gasteiger partial charge in [0.2, 0.25) is 0 Å². The maximum absolute atomic E-state index is 4.76. The highest BCUT2D eigenvalue weighted by molar-refractivity contribution is 7.13. The van der Waals surface area contributed by atoms with Crippen molar-refractivity contribution in [3.63, 3.8) is 0 Å². The smallest absolute Gasteiger partial charge is 0.185 e. The molecule has 1 fully saturated rings. The third kappa shape index (κ3) is 3.91. The van der Waals surface area contributed by atoms with Gasteiger partial charge in [0.15, 0.2) is 5.13 Å². The molecule has 0 aromatic carbocycles. The third-order valence-electron chi connectivity index (χ3n) is 3.89. The largest absolute Gasteiger partial charge is 0.348 e. The van der Waals surface area contributed by atoms with E-state index in [4.69, 9.17) is 4.98 Å². The molecule has 0 aliphatic carbocycles. The molecule has 1 unspecified atom stereocenters. The number of hydrogen-bond acceptors (Lipinski definition) is 5. The Labute approximate surface area is 120 Å². The summed E-state index contributed by atoms with van der Waals surface area (Å²) >= 11 is 1.78. The van der Waals surface area contributed by atoms with Crippen LogP contribution in [0.15, 0.2) is 5.38 Å². The molecule has 4 nitrogen and oxygen atoms in total. The predicted octanol–water partition coefficient (Wildman–Crippen LogP) is 2.20. The Bertz CT molecular complexity index is 383. The van der Waals surface area contributed by atoms with Gasteiger partial charge in [-0.25, -0.2) is 4.98 Å². The van der Waals surface area contributed by atoms with E-state index in [0.29, 0.717) is 6.04 Å². The van der Waals surface area contributed by atoms with Gasteiger partial charge in [-0.3, -0.25) is 0 Å². The zero-order valence-corrected chi connectivity index (χ0v) is 13.3. The van der Waals surface area contributed by atoms with Gasteiger partial charge in [0.25, 0.3) is 0 Å². The van der Waals surface area contributed by atoms with Crippen LogP contribution in [0.4, 0.5) is 5.13 Å². The molecule has 1 atom stereocenters. The number of anilines is 1. The molecular formula is C14H26N4S. The summed E-state index contributed by atoms with van der Waals surface area (Å²) in [6.45, 7) is 5.68. The molecule has 1 aliphatic heterocycles. The molecule has 0 amide bonds. The van der Waals surface area contributed by atoms with E-state index in [9.17, 15) is 0 Å². The molecule has 0 saturated carbocycles. The molecule has 1 saturated heterocycles. The van der Waals surface area contributed by atoms with Crippen molar-refractivity contribution < 1.29 is 0 Å². The van der Waals surface area contributed by atoms with Crippen LogP contribution >= 0.6 is 11.3 Å². The number of aromatic nitrogens is 1. The Morgan fingerprint density at radius 2 is 2.16 bits per heavy atom. The van der Waals surface area contributed by atoms with E-state index < -0.39 is 0 Å². The minimum Gasteiger partial charge on any atom is -0.348 e. The first-order chi connectivity index (χ1) is 9.10.